The second kappa shape index (κ2) is 3.01. The van der Waals surface area contributed by atoms with E-state index in [1.165, 1.54) is 0 Å². The van der Waals surface area contributed by atoms with Crippen LogP contribution in [0, 0.1) is 0 Å². The Morgan fingerprint density at radius 3 is 2.79 bits per heavy atom. The Balaban J connectivity index is 2.17. The standard InChI is InChI=1S/C11H13NO2/c1-11(5-6-11)12-9-4-2-3-8(7-9)10(13)14/h2-4,7,12H,5-6H2,1H3,(H,13,14). The monoisotopic (exact) mass is 191 g/mol. The van der Waals surface area contributed by atoms with Gasteiger partial charge in [0.05, 0.1) is 5.56 Å². The number of benzene rings is 1. The summed E-state index contributed by atoms with van der Waals surface area (Å²) in [6.45, 7) is 2.14. The molecule has 0 atom stereocenters. The van der Waals surface area contributed by atoms with Crippen LogP contribution in [0.3, 0.4) is 0 Å². The van der Waals surface area contributed by atoms with E-state index in [9.17, 15) is 4.79 Å². The van der Waals surface area contributed by atoms with Gasteiger partial charge in [0.1, 0.15) is 0 Å². The van der Waals surface area contributed by atoms with Crippen molar-refractivity contribution in [3.05, 3.63) is 29.8 Å². The van der Waals surface area contributed by atoms with Crippen molar-refractivity contribution in [1.29, 1.82) is 0 Å². The van der Waals surface area contributed by atoms with Gasteiger partial charge in [-0.15, -0.1) is 0 Å². The van der Waals surface area contributed by atoms with Crippen LogP contribution >= 0.6 is 0 Å². The number of nitrogens with one attached hydrogen (secondary N) is 1. The van der Waals surface area contributed by atoms with E-state index in [1.54, 1.807) is 18.2 Å². The summed E-state index contributed by atoms with van der Waals surface area (Å²) in [5.74, 6) is -0.880. The molecule has 1 saturated carbocycles. The second-order valence-corrected chi connectivity index (χ2v) is 4.07. The molecule has 0 saturated heterocycles. The maximum Gasteiger partial charge on any atom is 0.335 e. The van der Waals surface area contributed by atoms with Gasteiger partial charge in [-0.3, -0.25) is 0 Å². The van der Waals surface area contributed by atoms with Gasteiger partial charge in [0.15, 0.2) is 0 Å². The number of carboxylic acid groups (broad SMARTS) is 1. The largest absolute Gasteiger partial charge is 0.478 e. The first-order valence-electron chi connectivity index (χ1n) is 4.71. The molecule has 2 N–H and O–H groups in total. The Labute approximate surface area is 82.8 Å². The van der Waals surface area contributed by atoms with Crippen LogP contribution in [0.4, 0.5) is 5.69 Å². The number of carboxylic acids is 1. The molecule has 0 amide bonds. The molecule has 1 aromatic rings. The zero-order valence-electron chi connectivity index (χ0n) is 8.08. The quantitative estimate of drug-likeness (QED) is 0.771. The lowest BCUT2D eigenvalue weighted by atomic mass is 10.2. The van der Waals surface area contributed by atoms with Crippen LogP contribution in [0.1, 0.15) is 30.1 Å². The van der Waals surface area contributed by atoms with Crippen LogP contribution < -0.4 is 5.32 Å². The summed E-state index contributed by atoms with van der Waals surface area (Å²) in [5.41, 5.74) is 1.42. The van der Waals surface area contributed by atoms with Crippen molar-refractivity contribution >= 4 is 11.7 Å². The predicted molar refractivity (Wildman–Crippen MR) is 54.7 cm³/mol. The average Bonchev–Trinajstić information content (AvgIpc) is 2.83. The Kier molecular flexibility index (Phi) is 1.95. The third kappa shape index (κ3) is 1.87. The van der Waals surface area contributed by atoms with Gasteiger partial charge in [-0.2, -0.15) is 0 Å². The summed E-state index contributed by atoms with van der Waals surface area (Å²) in [4.78, 5) is 10.7. The molecular formula is C11H13NO2. The van der Waals surface area contributed by atoms with Crippen molar-refractivity contribution in [3.8, 4) is 0 Å². The SMILES string of the molecule is CC1(Nc2cccc(C(=O)O)c2)CC1. The van der Waals surface area contributed by atoms with Crippen LogP contribution in [-0.2, 0) is 0 Å². The normalized spacial score (nSPS) is 17.5. The molecule has 3 nitrogen and oxygen atoms in total. The van der Waals surface area contributed by atoms with E-state index in [2.05, 4.69) is 12.2 Å². The summed E-state index contributed by atoms with van der Waals surface area (Å²) >= 11 is 0. The van der Waals surface area contributed by atoms with Crippen molar-refractivity contribution in [1.82, 2.24) is 0 Å². The van der Waals surface area contributed by atoms with Crippen molar-refractivity contribution in [2.24, 2.45) is 0 Å². The van der Waals surface area contributed by atoms with Gasteiger partial charge in [0.25, 0.3) is 0 Å². The molecule has 3 heteroatoms. The lowest BCUT2D eigenvalue weighted by molar-refractivity contribution is 0.0697. The molecular weight excluding hydrogens is 178 g/mol. The van der Waals surface area contributed by atoms with Gasteiger partial charge in [-0.05, 0) is 38.0 Å². The maximum atomic E-state index is 10.7. The fourth-order valence-electron chi connectivity index (χ4n) is 1.39. The molecule has 1 aliphatic rings. The predicted octanol–water partition coefficient (Wildman–Crippen LogP) is 2.35. The zero-order chi connectivity index (χ0) is 10.2. The summed E-state index contributed by atoms with van der Waals surface area (Å²) in [6.07, 6.45) is 2.31. The molecule has 0 unspecified atom stereocenters. The van der Waals surface area contributed by atoms with E-state index in [0.29, 0.717) is 5.56 Å². The Bertz CT molecular complexity index is 369. The fourth-order valence-corrected chi connectivity index (χ4v) is 1.39. The fraction of sp³-hybridized carbons (Fsp3) is 0.364. The first kappa shape index (κ1) is 9.06. The van der Waals surface area contributed by atoms with Crippen LogP contribution in [0.25, 0.3) is 0 Å². The Morgan fingerprint density at radius 2 is 2.21 bits per heavy atom. The van der Waals surface area contributed by atoms with Crippen LogP contribution in [-0.4, -0.2) is 16.6 Å². The number of carbonyl (C=O) groups is 1. The smallest absolute Gasteiger partial charge is 0.335 e. The number of rotatable bonds is 3. The van der Waals surface area contributed by atoms with E-state index in [0.717, 1.165) is 18.5 Å². The van der Waals surface area contributed by atoms with Gasteiger partial charge >= 0.3 is 5.97 Å². The van der Waals surface area contributed by atoms with Crippen LogP contribution in [0.2, 0.25) is 0 Å². The van der Waals surface area contributed by atoms with E-state index < -0.39 is 5.97 Å². The summed E-state index contributed by atoms with van der Waals surface area (Å²) in [5, 5.41) is 12.1. The second-order valence-electron chi connectivity index (χ2n) is 4.07. The number of hydrogen-bond donors (Lipinski definition) is 2. The number of hydrogen-bond acceptors (Lipinski definition) is 2. The van der Waals surface area contributed by atoms with E-state index >= 15 is 0 Å². The average molecular weight is 191 g/mol. The first-order valence-corrected chi connectivity index (χ1v) is 4.71. The highest BCUT2D eigenvalue weighted by molar-refractivity contribution is 5.88. The first-order chi connectivity index (χ1) is 6.59. The molecule has 14 heavy (non-hydrogen) atoms. The molecule has 0 bridgehead atoms. The highest BCUT2D eigenvalue weighted by atomic mass is 16.4. The summed E-state index contributed by atoms with van der Waals surface area (Å²) in [7, 11) is 0. The van der Waals surface area contributed by atoms with Crippen LogP contribution in [0.15, 0.2) is 24.3 Å². The van der Waals surface area contributed by atoms with Crippen molar-refractivity contribution in [3.63, 3.8) is 0 Å². The minimum absolute atomic E-state index is 0.192. The molecule has 2 rings (SSSR count). The highest BCUT2D eigenvalue weighted by Gasteiger charge is 2.36. The van der Waals surface area contributed by atoms with Gasteiger partial charge in [-0.25, -0.2) is 4.79 Å². The van der Waals surface area contributed by atoms with Crippen LogP contribution in [0.5, 0.6) is 0 Å². The van der Waals surface area contributed by atoms with E-state index in [4.69, 9.17) is 5.11 Å². The van der Waals surface area contributed by atoms with E-state index in [-0.39, 0.29) is 5.54 Å². The number of anilines is 1. The minimum Gasteiger partial charge on any atom is -0.478 e. The van der Waals surface area contributed by atoms with Gasteiger partial charge in [-0.1, -0.05) is 6.07 Å². The van der Waals surface area contributed by atoms with Gasteiger partial charge in [0, 0.05) is 11.2 Å². The molecule has 0 heterocycles. The van der Waals surface area contributed by atoms with Gasteiger partial charge < -0.3 is 10.4 Å². The van der Waals surface area contributed by atoms with Gasteiger partial charge in [0.2, 0.25) is 0 Å². The summed E-state index contributed by atoms with van der Waals surface area (Å²) < 4.78 is 0. The molecule has 1 aromatic carbocycles. The minimum atomic E-state index is -0.880. The van der Waals surface area contributed by atoms with Crippen molar-refractivity contribution in [2.45, 2.75) is 25.3 Å². The third-order valence-corrected chi connectivity index (χ3v) is 2.56. The number of aromatic carboxylic acids is 1. The molecule has 74 valence electrons. The Morgan fingerprint density at radius 1 is 1.50 bits per heavy atom. The lowest BCUT2D eigenvalue weighted by Crippen LogP contribution is -2.16. The summed E-state index contributed by atoms with van der Waals surface area (Å²) in [6, 6.07) is 6.93. The molecule has 0 aliphatic heterocycles. The molecule has 0 radical (unpaired) electrons. The highest BCUT2D eigenvalue weighted by Crippen LogP contribution is 2.38. The molecule has 1 fully saturated rings. The van der Waals surface area contributed by atoms with E-state index in [1.807, 2.05) is 6.07 Å². The maximum absolute atomic E-state index is 10.7. The lowest BCUT2D eigenvalue weighted by Gasteiger charge is -2.13. The molecule has 0 aromatic heterocycles. The zero-order valence-corrected chi connectivity index (χ0v) is 8.08. The molecule has 1 aliphatic carbocycles. The van der Waals surface area contributed by atoms with Crippen molar-refractivity contribution < 1.29 is 9.90 Å². The molecule has 0 spiro atoms. The third-order valence-electron chi connectivity index (χ3n) is 2.56. The Hall–Kier alpha value is -1.51. The topological polar surface area (TPSA) is 49.3 Å². The van der Waals surface area contributed by atoms with Crippen molar-refractivity contribution in [2.75, 3.05) is 5.32 Å².